The summed E-state index contributed by atoms with van der Waals surface area (Å²) in [6.45, 7) is 39.7. The van der Waals surface area contributed by atoms with E-state index >= 15 is 0 Å². The van der Waals surface area contributed by atoms with E-state index < -0.39 is 0 Å². The summed E-state index contributed by atoms with van der Waals surface area (Å²) in [5, 5.41) is 1.32. The van der Waals surface area contributed by atoms with Crippen LogP contribution in [0.5, 0.6) is 0 Å². The molecule has 3 heterocycles. The lowest BCUT2D eigenvalue weighted by Gasteiger charge is -2.22. The zero-order chi connectivity index (χ0) is 34.1. The van der Waals surface area contributed by atoms with Crippen LogP contribution in [0.25, 0.3) is 10.9 Å². The summed E-state index contributed by atoms with van der Waals surface area (Å²) >= 11 is 0. The molecule has 1 N–H and O–H groups in total. The molecule has 0 saturated carbocycles. The molecule has 1 atom stereocenters. The van der Waals surface area contributed by atoms with Gasteiger partial charge in [0.05, 0.1) is 6.04 Å². The highest BCUT2D eigenvalue weighted by molar-refractivity contribution is 5.99. The lowest BCUT2D eigenvalue weighted by atomic mass is 9.86. The number of pyridine rings is 1. The Bertz CT molecular complexity index is 1380. The van der Waals surface area contributed by atoms with Crippen molar-refractivity contribution in [2.75, 3.05) is 0 Å². The molecule has 1 unspecified atom stereocenters. The Hall–Kier alpha value is -2.75. The number of aromatic nitrogens is 2. The highest BCUT2D eigenvalue weighted by Gasteiger charge is 2.30. The van der Waals surface area contributed by atoms with Crippen LogP contribution >= 0.6 is 0 Å². The number of hydrogen-bond acceptors (Lipinski definition) is 3. The third-order valence-electron chi connectivity index (χ3n) is 7.85. The fourth-order valence-corrected chi connectivity index (χ4v) is 4.43. The van der Waals surface area contributed by atoms with E-state index in [1.54, 1.807) is 0 Å². The molecule has 4 rings (SSSR count). The molecule has 0 bridgehead atoms. The fraction of sp³-hybridized carbons (Fsp3) is 0.625. The molecule has 244 valence electrons. The average Bonchev–Trinajstić information content (AvgIpc) is 3.51. The topological polar surface area (TPSA) is 53.4 Å². The summed E-state index contributed by atoms with van der Waals surface area (Å²) in [6, 6.07) is 13.6. The van der Waals surface area contributed by atoms with Gasteiger partial charge in [-0.1, -0.05) is 137 Å². The molecule has 4 nitrogen and oxygen atoms in total. The minimum Gasteiger partial charge on any atom is -0.358 e. The van der Waals surface area contributed by atoms with Gasteiger partial charge in [0.15, 0.2) is 0 Å². The summed E-state index contributed by atoms with van der Waals surface area (Å²) in [5.41, 5.74) is 7.41. The highest BCUT2D eigenvalue weighted by atomic mass is 15.0. The molecule has 1 aliphatic heterocycles. The van der Waals surface area contributed by atoms with E-state index in [9.17, 15) is 0 Å². The lowest BCUT2D eigenvalue weighted by Crippen LogP contribution is -2.25. The first-order chi connectivity index (χ1) is 19.6. The molecule has 0 radical (unpaired) electrons. The number of aromatic amines is 1. The van der Waals surface area contributed by atoms with Crippen molar-refractivity contribution in [1.29, 1.82) is 0 Å². The van der Waals surface area contributed by atoms with E-state index in [1.807, 2.05) is 12.4 Å². The second-order valence-electron chi connectivity index (χ2n) is 18.7. The van der Waals surface area contributed by atoms with Crippen LogP contribution in [-0.4, -0.2) is 28.1 Å². The van der Waals surface area contributed by atoms with Crippen molar-refractivity contribution >= 4 is 23.0 Å². The van der Waals surface area contributed by atoms with Crippen LogP contribution < -0.4 is 0 Å². The van der Waals surface area contributed by atoms with Crippen LogP contribution in [0.2, 0.25) is 0 Å². The van der Waals surface area contributed by atoms with Crippen molar-refractivity contribution in [2.45, 2.75) is 152 Å². The van der Waals surface area contributed by atoms with Crippen LogP contribution in [0.3, 0.4) is 0 Å². The third kappa shape index (κ3) is 10.7. The lowest BCUT2D eigenvalue weighted by molar-refractivity contribution is 0.389. The van der Waals surface area contributed by atoms with Crippen molar-refractivity contribution in [3.63, 3.8) is 0 Å². The minimum atomic E-state index is 0.0799. The summed E-state index contributed by atoms with van der Waals surface area (Å²) in [5.74, 6) is 0.979. The predicted octanol–water partition coefficient (Wildman–Crippen LogP) is 11.4. The van der Waals surface area contributed by atoms with E-state index in [0.717, 1.165) is 11.5 Å². The largest absolute Gasteiger partial charge is 0.358 e. The van der Waals surface area contributed by atoms with Crippen molar-refractivity contribution in [1.82, 2.24) is 9.97 Å². The molecule has 0 saturated heterocycles. The maximum Gasteiger partial charge on any atom is 0.128 e. The quantitative estimate of drug-likeness (QED) is 0.274. The van der Waals surface area contributed by atoms with E-state index in [-0.39, 0.29) is 38.5 Å². The summed E-state index contributed by atoms with van der Waals surface area (Å²) in [6.07, 6.45) is 3.97. The Morgan fingerprint density at radius 1 is 0.568 bits per heavy atom. The zero-order valence-electron chi connectivity index (χ0n) is 31.5. The van der Waals surface area contributed by atoms with Gasteiger partial charge in [-0.2, -0.15) is 0 Å². The normalized spacial score (nSPS) is 16.2. The SMILES string of the molecule is CC(C)(C)C1=NC(C(C)(C)C)C=N1.CC(C)(C)c1ccc(C(C)(C)C)nc1.CC(C)(C)c1ccc2[nH]c(C(C)(C)C)cc2c1. The van der Waals surface area contributed by atoms with Gasteiger partial charge >= 0.3 is 0 Å². The van der Waals surface area contributed by atoms with Gasteiger partial charge in [-0.3, -0.25) is 9.98 Å². The number of aliphatic imine (C=N–C) groups is 2. The van der Waals surface area contributed by atoms with Crippen LogP contribution in [0.15, 0.2) is 52.6 Å². The molecule has 4 heteroatoms. The molecule has 0 amide bonds. The predicted molar refractivity (Wildman–Crippen MR) is 196 cm³/mol. The second kappa shape index (κ2) is 12.9. The Labute approximate surface area is 270 Å². The average molecular weight is 601 g/mol. The number of benzene rings is 1. The monoisotopic (exact) mass is 601 g/mol. The van der Waals surface area contributed by atoms with Gasteiger partial charge in [0, 0.05) is 45.6 Å². The number of nitrogens with zero attached hydrogens (tertiary/aromatic N) is 3. The Balaban J connectivity index is 0.000000233. The third-order valence-corrected chi connectivity index (χ3v) is 7.85. The number of nitrogens with one attached hydrogen (secondary N) is 1. The van der Waals surface area contributed by atoms with Gasteiger partial charge in [0.1, 0.15) is 5.84 Å². The van der Waals surface area contributed by atoms with Crippen molar-refractivity contribution in [3.05, 3.63) is 65.1 Å². The van der Waals surface area contributed by atoms with Crippen LogP contribution in [0.1, 0.15) is 147 Å². The van der Waals surface area contributed by atoms with Crippen LogP contribution in [0.4, 0.5) is 0 Å². The first-order valence-electron chi connectivity index (χ1n) is 16.3. The van der Waals surface area contributed by atoms with E-state index in [4.69, 9.17) is 0 Å². The fourth-order valence-electron chi connectivity index (χ4n) is 4.43. The first kappa shape index (κ1) is 37.4. The molecule has 0 aliphatic carbocycles. The molecule has 0 spiro atoms. The van der Waals surface area contributed by atoms with Gasteiger partial charge < -0.3 is 4.98 Å². The molecule has 44 heavy (non-hydrogen) atoms. The van der Waals surface area contributed by atoms with Crippen molar-refractivity contribution in [2.24, 2.45) is 20.8 Å². The van der Waals surface area contributed by atoms with Crippen molar-refractivity contribution in [3.8, 4) is 0 Å². The molecule has 3 aromatic rings. The Kier molecular flexibility index (Phi) is 11.0. The molecule has 2 aromatic heterocycles. The van der Waals surface area contributed by atoms with Gasteiger partial charge in [-0.05, 0) is 57.0 Å². The molecular weight excluding hydrogens is 536 g/mol. The van der Waals surface area contributed by atoms with E-state index in [2.05, 4.69) is 181 Å². The minimum absolute atomic E-state index is 0.0799. The molecule has 0 fully saturated rings. The van der Waals surface area contributed by atoms with Gasteiger partial charge in [0.25, 0.3) is 0 Å². The molecule has 1 aromatic carbocycles. The number of hydrogen-bond donors (Lipinski definition) is 1. The maximum absolute atomic E-state index is 4.62. The van der Waals surface area contributed by atoms with Gasteiger partial charge in [-0.25, -0.2) is 4.99 Å². The van der Waals surface area contributed by atoms with Crippen LogP contribution in [-0.2, 0) is 21.7 Å². The van der Waals surface area contributed by atoms with E-state index in [1.165, 1.54) is 27.7 Å². The van der Waals surface area contributed by atoms with Crippen molar-refractivity contribution < 1.29 is 0 Å². The van der Waals surface area contributed by atoms with Gasteiger partial charge in [-0.15, -0.1) is 0 Å². The Morgan fingerprint density at radius 3 is 1.48 bits per heavy atom. The highest BCUT2D eigenvalue weighted by Crippen LogP contribution is 2.31. The molecule has 1 aliphatic rings. The first-order valence-corrected chi connectivity index (χ1v) is 16.3. The number of rotatable bonds is 0. The summed E-state index contributed by atoms with van der Waals surface area (Å²) < 4.78 is 0. The summed E-state index contributed by atoms with van der Waals surface area (Å²) in [7, 11) is 0. The second-order valence-corrected chi connectivity index (χ2v) is 18.7. The summed E-state index contributed by atoms with van der Waals surface area (Å²) in [4.78, 5) is 17.0. The standard InChI is InChI=1S/C16H23N.C13H21N.C11H20N2/c1-15(2,3)12-7-8-13-11(9-12)10-14(17-13)16(4,5)6;1-12(2,3)10-7-8-11(14-9-10)13(4,5)6;1-10(2,3)8-7-12-9(13-8)11(4,5)6/h7-10,17H,1-6H3;7-9H,1-6H3;7-8H,1-6H3. The van der Waals surface area contributed by atoms with Crippen LogP contribution in [0, 0.1) is 10.8 Å². The number of amidine groups is 1. The number of H-pyrrole nitrogens is 1. The maximum atomic E-state index is 4.62. The van der Waals surface area contributed by atoms with Gasteiger partial charge in [0.2, 0.25) is 0 Å². The molecular formula is C40H64N4. The zero-order valence-corrected chi connectivity index (χ0v) is 31.5. The number of fused-ring (bicyclic) bond motifs is 1. The Morgan fingerprint density at radius 2 is 1.11 bits per heavy atom. The van der Waals surface area contributed by atoms with E-state index in [0.29, 0.717) is 0 Å². The smallest absolute Gasteiger partial charge is 0.128 e.